The molecule has 0 aromatic heterocycles. The molecule has 1 rings (SSSR count). The van der Waals surface area contributed by atoms with Gasteiger partial charge in [0.05, 0.1) is 5.56 Å². The molecule has 0 fully saturated rings. The topological polar surface area (TPSA) is 49.3 Å². The van der Waals surface area contributed by atoms with Crippen molar-refractivity contribution in [2.24, 2.45) is 0 Å². The molecule has 0 bridgehead atoms. The summed E-state index contributed by atoms with van der Waals surface area (Å²) < 4.78 is 0. The summed E-state index contributed by atoms with van der Waals surface area (Å²) in [4.78, 5) is 12.2. The first-order chi connectivity index (χ1) is 7.90. The highest BCUT2D eigenvalue weighted by Gasteiger charge is 2.14. The molecule has 3 nitrogen and oxygen atoms in total. The van der Waals surface area contributed by atoms with Gasteiger partial charge in [0.15, 0.2) is 0 Å². The summed E-state index contributed by atoms with van der Waals surface area (Å²) in [7, 11) is 0. The Hall–Kier alpha value is -1.03. The molecule has 1 aromatic rings. The average Bonchev–Trinajstić information content (AvgIpc) is 2.15. The fourth-order valence-corrected chi connectivity index (χ4v) is 2.24. The standard InChI is InChI=1S/C13H18BrNO2/c1-8-4-5-11(12(16)6-8)13(17)15-10(3)7-9(2)14/h4-6,9-10,16H,7H2,1-3H3,(H,15,17). The van der Waals surface area contributed by atoms with Gasteiger partial charge in [-0.05, 0) is 38.0 Å². The maximum absolute atomic E-state index is 11.9. The van der Waals surface area contributed by atoms with Crippen molar-refractivity contribution in [3.05, 3.63) is 29.3 Å². The van der Waals surface area contributed by atoms with Crippen molar-refractivity contribution < 1.29 is 9.90 Å². The molecule has 2 atom stereocenters. The van der Waals surface area contributed by atoms with Crippen LogP contribution in [-0.4, -0.2) is 21.9 Å². The zero-order valence-corrected chi connectivity index (χ0v) is 11.9. The van der Waals surface area contributed by atoms with Gasteiger partial charge in [0, 0.05) is 10.9 Å². The van der Waals surface area contributed by atoms with Crippen LogP contribution in [0.25, 0.3) is 0 Å². The highest BCUT2D eigenvalue weighted by molar-refractivity contribution is 9.09. The summed E-state index contributed by atoms with van der Waals surface area (Å²) in [5.74, 6) is -0.204. The van der Waals surface area contributed by atoms with Gasteiger partial charge in [0.2, 0.25) is 0 Å². The lowest BCUT2D eigenvalue weighted by Gasteiger charge is -2.15. The lowest BCUT2D eigenvalue weighted by atomic mass is 10.1. The fourth-order valence-electron chi connectivity index (χ4n) is 1.68. The third kappa shape index (κ3) is 4.38. The zero-order chi connectivity index (χ0) is 13.0. The number of hydrogen-bond donors (Lipinski definition) is 2. The molecule has 0 aliphatic rings. The van der Waals surface area contributed by atoms with Crippen molar-refractivity contribution >= 4 is 21.8 Å². The van der Waals surface area contributed by atoms with Gasteiger partial charge in [-0.15, -0.1) is 0 Å². The van der Waals surface area contributed by atoms with E-state index in [0.717, 1.165) is 12.0 Å². The first-order valence-corrected chi connectivity index (χ1v) is 6.56. The number of carbonyl (C=O) groups excluding carboxylic acids is 1. The molecule has 1 aromatic carbocycles. The Balaban J connectivity index is 2.70. The molecular weight excluding hydrogens is 282 g/mol. The summed E-state index contributed by atoms with van der Waals surface area (Å²) in [6.07, 6.45) is 0.846. The highest BCUT2D eigenvalue weighted by atomic mass is 79.9. The lowest BCUT2D eigenvalue weighted by Crippen LogP contribution is -2.33. The van der Waals surface area contributed by atoms with Gasteiger partial charge in [0.25, 0.3) is 5.91 Å². The van der Waals surface area contributed by atoms with Crippen molar-refractivity contribution in [2.45, 2.75) is 38.1 Å². The average molecular weight is 300 g/mol. The van der Waals surface area contributed by atoms with Crippen molar-refractivity contribution in [1.82, 2.24) is 5.32 Å². The van der Waals surface area contributed by atoms with Crippen molar-refractivity contribution in [3.8, 4) is 5.75 Å². The molecule has 0 saturated carbocycles. The van der Waals surface area contributed by atoms with E-state index >= 15 is 0 Å². The summed E-state index contributed by atoms with van der Waals surface area (Å²) in [6, 6.07) is 5.11. The van der Waals surface area contributed by atoms with Gasteiger partial charge in [-0.25, -0.2) is 0 Å². The van der Waals surface area contributed by atoms with Crippen molar-refractivity contribution in [3.63, 3.8) is 0 Å². The molecule has 0 saturated heterocycles. The van der Waals surface area contributed by atoms with Crippen LogP contribution in [0.1, 0.15) is 36.2 Å². The Labute approximate surface area is 110 Å². The Morgan fingerprint density at radius 3 is 2.65 bits per heavy atom. The van der Waals surface area contributed by atoms with E-state index in [2.05, 4.69) is 21.2 Å². The smallest absolute Gasteiger partial charge is 0.255 e. The zero-order valence-electron chi connectivity index (χ0n) is 10.3. The van der Waals surface area contributed by atoms with Crippen LogP contribution in [0.2, 0.25) is 0 Å². The number of carbonyl (C=O) groups is 1. The van der Waals surface area contributed by atoms with Gasteiger partial charge in [0.1, 0.15) is 5.75 Å². The van der Waals surface area contributed by atoms with E-state index in [9.17, 15) is 9.90 Å². The van der Waals surface area contributed by atoms with Gasteiger partial charge in [-0.1, -0.05) is 28.9 Å². The molecule has 94 valence electrons. The van der Waals surface area contributed by atoms with E-state index in [-0.39, 0.29) is 17.7 Å². The van der Waals surface area contributed by atoms with E-state index in [1.54, 1.807) is 12.1 Å². The first-order valence-electron chi connectivity index (χ1n) is 5.64. The lowest BCUT2D eigenvalue weighted by molar-refractivity contribution is 0.0936. The van der Waals surface area contributed by atoms with Crippen LogP contribution in [0, 0.1) is 6.92 Å². The number of rotatable bonds is 4. The van der Waals surface area contributed by atoms with Gasteiger partial charge >= 0.3 is 0 Å². The van der Waals surface area contributed by atoms with E-state index in [0.29, 0.717) is 10.4 Å². The molecule has 0 aliphatic carbocycles. The van der Waals surface area contributed by atoms with Crippen LogP contribution in [-0.2, 0) is 0 Å². The summed E-state index contributed by atoms with van der Waals surface area (Å²) in [5, 5.41) is 12.5. The monoisotopic (exact) mass is 299 g/mol. The predicted molar refractivity (Wildman–Crippen MR) is 72.8 cm³/mol. The maximum atomic E-state index is 11.9. The molecule has 0 aliphatic heterocycles. The fraction of sp³-hybridized carbons (Fsp3) is 0.462. The van der Waals surface area contributed by atoms with Crippen LogP contribution < -0.4 is 5.32 Å². The molecule has 2 N–H and O–H groups in total. The number of halogens is 1. The number of nitrogens with one attached hydrogen (secondary N) is 1. The van der Waals surface area contributed by atoms with Gasteiger partial charge in [-0.3, -0.25) is 4.79 Å². The molecule has 0 heterocycles. The molecule has 1 amide bonds. The molecule has 0 spiro atoms. The minimum Gasteiger partial charge on any atom is -0.507 e. The van der Waals surface area contributed by atoms with E-state index in [4.69, 9.17) is 0 Å². The SMILES string of the molecule is Cc1ccc(C(=O)NC(C)CC(C)Br)c(O)c1. The molecule has 4 heteroatoms. The van der Waals surface area contributed by atoms with Crippen LogP contribution in [0.5, 0.6) is 5.75 Å². The minimum atomic E-state index is -0.233. The number of amides is 1. The predicted octanol–water partition coefficient (Wildman–Crippen LogP) is 2.99. The van der Waals surface area contributed by atoms with Crippen LogP contribution in [0.4, 0.5) is 0 Å². The quantitative estimate of drug-likeness (QED) is 0.840. The van der Waals surface area contributed by atoms with Crippen molar-refractivity contribution in [1.29, 1.82) is 0 Å². The van der Waals surface area contributed by atoms with Gasteiger partial charge < -0.3 is 10.4 Å². The van der Waals surface area contributed by atoms with Crippen LogP contribution in [0.15, 0.2) is 18.2 Å². The van der Waals surface area contributed by atoms with Crippen molar-refractivity contribution in [2.75, 3.05) is 0 Å². The first kappa shape index (κ1) is 14.0. The Morgan fingerprint density at radius 1 is 1.47 bits per heavy atom. The third-order valence-corrected chi connectivity index (χ3v) is 2.83. The number of hydrogen-bond acceptors (Lipinski definition) is 2. The van der Waals surface area contributed by atoms with E-state index in [1.165, 1.54) is 0 Å². The second kappa shape index (κ2) is 6.05. The third-order valence-electron chi connectivity index (χ3n) is 2.45. The molecular formula is C13H18BrNO2. The maximum Gasteiger partial charge on any atom is 0.255 e. The molecule has 0 radical (unpaired) electrons. The minimum absolute atomic E-state index is 0.0293. The Morgan fingerprint density at radius 2 is 2.12 bits per heavy atom. The van der Waals surface area contributed by atoms with E-state index < -0.39 is 0 Å². The molecule has 2 unspecified atom stereocenters. The largest absolute Gasteiger partial charge is 0.507 e. The number of phenolic OH excluding ortho intramolecular Hbond substituents is 1. The Bertz CT molecular complexity index is 404. The number of phenols is 1. The van der Waals surface area contributed by atoms with E-state index in [1.807, 2.05) is 26.8 Å². The Kier molecular flexibility index (Phi) is 5.00. The summed E-state index contributed by atoms with van der Waals surface area (Å²) in [5.41, 5.74) is 1.26. The second-order valence-electron chi connectivity index (χ2n) is 4.41. The van der Waals surface area contributed by atoms with Crippen LogP contribution >= 0.6 is 15.9 Å². The van der Waals surface area contributed by atoms with Gasteiger partial charge in [-0.2, -0.15) is 0 Å². The van der Waals surface area contributed by atoms with Crippen LogP contribution in [0.3, 0.4) is 0 Å². The number of aryl methyl sites for hydroxylation is 1. The normalized spacial score (nSPS) is 14.1. The molecule has 17 heavy (non-hydrogen) atoms. The second-order valence-corrected chi connectivity index (χ2v) is 5.97. The number of aromatic hydroxyl groups is 1. The summed E-state index contributed by atoms with van der Waals surface area (Å²) in [6.45, 7) is 5.85. The number of benzene rings is 1. The highest BCUT2D eigenvalue weighted by Crippen LogP contribution is 2.18. The summed E-state index contributed by atoms with van der Waals surface area (Å²) >= 11 is 3.44. The number of alkyl halides is 1.